The summed E-state index contributed by atoms with van der Waals surface area (Å²) in [5.74, 6) is 1.48. The van der Waals surface area contributed by atoms with Gasteiger partial charge in [0, 0.05) is 0 Å². The third-order valence-corrected chi connectivity index (χ3v) is 2.09. The van der Waals surface area contributed by atoms with E-state index in [0.29, 0.717) is 5.92 Å². The number of allylic oxidation sites excluding steroid dienone is 4. The fourth-order valence-electron chi connectivity index (χ4n) is 1.28. The van der Waals surface area contributed by atoms with Crippen molar-refractivity contribution < 1.29 is 4.79 Å². The van der Waals surface area contributed by atoms with Crippen LogP contribution in [0.4, 0.5) is 0 Å². The molecule has 1 rings (SSSR count). The van der Waals surface area contributed by atoms with Gasteiger partial charge in [0.1, 0.15) is 6.29 Å². The van der Waals surface area contributed by atoms with Crippen LogP contribution >= 0.6 is 0 Å². The minimum absolute atomic E-state index is 0.677. The van der Waals surface area contributed by atoms with Gasteiger partial charge in [-0.2, -0.15) is 0 Å². The van der Waals surface area contributed by atoms with Crippen LogP contribution in [0.15, 0.2) is 24.3 Å². The van der Waals surface area contributed by atoms with E-state index in [4.69, 9.17) is 0 Å². The van der Waals surface area contributed by atoms with Gasteiger partial charge < -0.3 is 0 Å². The van der Waals surface area contributed by atoms with E-state index in [1.54, 1.807) is 6.08 Å². The summed E-state index contributed by atoms with van der Waals surface area (Å²) in [5, 5.41) is 0. The second-order valence-electron chi connectivity index (χ2n) is 2.99. The molecule has 0 amide bonds. The van der Waals surface area contributed by atoms with E-state index in [1.165, 1.54) is 12.8 Å². The van der Waals surface area contributed by atoms with E-state index in [-0.39, 0.29) is 0 Å². The quantitative estimate of drug-likeness (QED) is 0.341. The van der Waals surface area contributed by atoms with Gasteiger partial charge in [-0.1, -0.05) is 18.2 Å². The molecule has 0 aromatic rings. The van der Waals surface area contributed by atoms with Crippen LogP contribution in [-0.2, 0) is 4.79 Å². The first-order chi connectivity index (χ1) is 5.38. The normalized spacial score (nSPS) is 29.9. The molecule has 2 unspecified atom stereocenters. The molecule has 1 saturated carbocycles. The highest BCUT2D eigenvalue weighted by Crippen LogP contribution is 2.42. The number of hydrogen-bond acceptors (Lipinski definition) is 1. The van der Waals surface area contributed by atoms with Crippen molar-refractivity contribution >= 4 is 6.29 Å². The van der Waals surface area contributed by atoms with Gasteiger partial charge >= 0.3 is 0 Å². The standard InChI is InChI=1S/C10H14O/c1-2-3-5-9-8-10(9)6-4-7-11/h2-4,6-7,9-10H,5,8H2,1H3/b3-2+,6-4+. The summed E-state index contributed by atoms with van der Waals surface area (Å²) in [6, 6.07) is 0. The minimum Gasteiger partial charge on any atom is -0.299 e. The average molecular weight is 150 g/mol. The molecule has 1 heteroatoms. The van der Waals surface area contributed by atoms with E-state index in [0.717, 1.165) is 12.2 Å². The maximum Gasteiger partial charge on any atom is 0.142 e. The zero-order valence-electron chi connectivity index (χ0n) is 6.86. The molecule has 0 radical (unpaired) electrons. The Hall–Kier alpha value is -0.850. The molecule has 1 aliphatic carbocycles. The zero-order chi connectivity index (χ0) is 8.10. The van der Waals surface area contributed by atoms with Crippen LogP contribution < -0.4 is 0 Å². The molecule has 1 aliphatic rings. The van der Waals surface area contributed by atoms with Gasteiger partial charge in [-0.15, -0.1) is 0 Å². The summed E-state index contributed by atoms with van der Waals surface area (Å²) in [5.41, 5.74) is 0. The summed E-state index contributed by atoms with van der Waals surface area (Å²) in [4.78, 5) is 9.96. The summed E-state index contributed by atoms with van der Waals surface area (Å²) in [6.07, 6.45) is 11.2. The summed E-state index contributed by atoms with van der Waals surface area (Å²) in [7, 11) is 0. The fourth-order valence-corrected chi connectivity index (χ4v) is 1.28. The Balaban J connectivity index is 2.16. The molecule has 60 valence electrons. The van der Waals surface area contributed by atoms with Crippen molar-refractivity contribution in [3.05, 3.63) is 24.3 Å². The largest absolute Gasteiger partial charge is 0.299 e. The van der Waals surface area contributed by atoms with Gasteiger partial charge in [0.25, 0.3) is 0 Å². The lowest BCUT2D eigenvalue weighted by molar-refractivity contribution is -0.104. The second kappa shape index (κ2) is 4.12. The molecule has 0 spiro atoms. The Morgan fingerprint density at radius 1 is 1.55 bits per heavy atom. The summed E-state index contributed by atoms with van der Waals surface area (Å²) in [6.45, 7) is 2.04. The highest BCUT2D eigenvalue weighted by molar-refractivity contribution is 5.64. The molecule has 0 saturated heterocycles. The predicted octanol–water partition coefficient (Wildman–Crippen LogP) is 2.34. The van der Waals surface area contributed by atoms with Crippen LogP contribution in [-0.4, -0.2) is 6.29 Å². The maximum absolute atomic E-state index is 9.96. The Kier molecular flexibility index (Phi) is 3.09. The fraction of sp³-hybridized carbons (Fsp3) is 0.500. The lowest BCUT2D eigenvalue weighted by Gasteiger charge is -1.86. The molecule has 1 nitrogen and oxygen atoms in total. The number of carbonyl (C=O) groups is 1. The first-order valence-electron chi connectivity index (χ1n) is 4.11. The SMILES string of the molecule is C/C=C/CC1CC1/C=C/C=O. The second-order valence-corrected chi connectivity index (χ2v) is 2.99. The molecule has 0 aromatic carbocycles. The van der Waals surface area contributed by atoms with Gasteiger partial charge in [-0.05, 0) is 37.7 Å². The summed E-state index contributed by atoms with van der Waals surface area (Å²) >= 11 is 0. The number of aldehydes is 1. The molecule has 1 fully saturated rings. The Morgan fingerprint density at radius 2 is 2.36 bits per heavy atom. The Morgan fingerprint density at radius 3 is 3.00 bits per heavy atom. The Labute approximate surface area is 67.8 Å². The van der Waals surface area contributed by atoms with Gasteiger partial charge in [-0.3, -0.25) is 4.79 Å². The molecule has 11 heavy (non-hydrogen) atoms. The number of hydrogen-bond donors (Lipinski definition) is 0. The molecule has 0 aliphatic heterocycles. The van der Waals surface area contributed by atoms with E-state index >= 15 is 0 Å². The van der Waals surface area contributed by atoms with Crippen molar-refractivity contribution in [2.45, 2.75) is 19.8 Å². The van der Waals surface area contributed by atoms with Gasteiger partial charge in [0.2, 0.25) is 0 Å². The average Bonchev–Trinajstić information content (AvgIpc) is 2.76. The molecule has 0 aromatic heterocycles. The monoisotopic (exact) mass is 150 g/mol. The van der Waals surface area contributed by atoms with Crippen molar-refractivity contribution in [1.29, 1.82) is 0 Å². The molecule has 0 bridgehead atoms. The lowest BCUT2D eigenvalue weighted by Crippen LogP contribution is -1.75. The van der Waals surface area contributed by atoms with Crippen LogP contribution in [0.1, 0.15) is 19.8 Å². The smallest absolute Gasteiger partial charge is 0.142 e. The first-order valence-corrected chi connectivity index (χ1v) is 4.11. The van der Waals surface area contributed by atoms with Crippen LogP contribution in [0.3, 0.4) is 0 Å². The Bertz CT molecular complexity index is 179. The van der Waals surface area contributed by atoms with E-state index in [2.05, 4.69) is 12.2 Å². The maximum atomic E-state index is 9.96. The topological polar surface area (TPSA) is 17.1 Å². The van der Waals surface area contributed by atoms with Crippen molar-refractivity contribution in [2.24, 2.45) is 11.8 Å². The first kappa shape index (κ1) is 8.25. The van der Waals surface area contributed by atoms with Crippen molar-refractivity contribution in [3.8, 4) is 0 Å². The highest BCUT2D eigenvalue weighted by atomic mass is 16.1. The summed E-state index contributed by atoms with van der Waals surface area (Å²) < 4.78 is 0. The van der Waals surface area contributed by atoms with Crippen LogP contribution in [0.25, 0.3) is 0 Å². The molecule has 2 atom stereocenters. The van der Waals surface area contributed by atoms with Crippen LogP contribution in [0.5, 0.6) is 0 Å². The van der Waals surface area contributed by atoms with Gasteiger partial charge in [0.15, 0.2) is 0 Å². The van der Waals surface area contributed by atoms with Crippen LogP contribution in [0, 0.1) is 11.8 Å². The lowest BCUT2D eigenvalue weighted by atomic mass is 10.2. The van der Waals surface area contributed by atoms with Crippen molar-refractivity contribution in [1.82, 2.24) is 0 Å². The third-order valence-electron chi connectivity index (χ3n) is 2.09. The molecular formula is C10H14O. The van der Waals surface area contributed by atoms with Gasteiger partial charge in [-0.25, -0.2) is 0 Å². The van der Waals surface area contributed by atoms with E-state index in [9.17, 15) is 4.79 Å². The van der Waals surface area contributed by atoms with E-state index in [1.807, 2.05) is 13.0 Å². The van der Waals surface area contributed by atoms with Gasteiger partial charge in [0.05, 0.1) is 0 Å². The predicted molar refractivity (Wildman–Crippen MR) is 46.2 cm³/mol. The molecule has 0 N–H and O–H groups in total. The van der Waals surface area contributed by atoms with Crippen LogP contribution in [0.2, 0.25) is 0 Å². The number of carbonyl (C=O) groups excluding carboxylic acids is 1. The highest BCUT2D eigenvalue weighted by Gasteiger charge is 2.32. The molecular weight excluding hydrogens is 136 g/mol. The van der Waals surface area contributed by atoms with Crippen molar-refractivity contribution in [2.75, 3.05) is 0 Å². The number of rotatable bonds is 4. The minimum atomic E-state index is 0.677. The third kappa shape index (κ3) is 2.71. The zero-order valence-corrected chi connectivity index (χ0v) is 6.86. The van der Waals surface area contributed by atoms with E-state index < -0.39 is 0 Å². The van der Waals surface area contributed by atoms with Crippen molar-refractivity contribution in [3.63, 3.8) is 0 Å². The molecule has 0 heterocycles.